The number of nitrogens with zero attached hydrogens (tertiary/aromatic N) is 1. The first kappa shape index (κ1) is 13.5. The Bertz CT molecular complexity index is 615. The highest BCUT2D eigenvalue weighted by atomic mass is 79.9. The number of nitrogens with two attached hydrogens (primary N) is 1. The van der Waals surface area contributed by atoms with Crippen LogP contribution in [0, 0.1) is 6.92 Å². The Morgan fingerprint density at radius 1 is 1.37 bits per heavy atom. The number of hydrogen-bond donors (Lipinski definition) is 3. The summed E-state index contributed by atoms with van der Waals surface area (Å²) in [6.45, 7) is 1.96. The Kier molecular flexibility index (Phi) is 4.13. The van der Waals surface area contributed by atoms with Crippen molar-refractivity contribution in [2.45, 2.75) is 6.92 Å². The first-order valence-corrected chi connectivity index (χ1v) is 6.39. The summed E-state index contributed by atoms with van der Waals surface area (Å²) in [7, 11) is 0. The number of benzene rings is 1. The van der Waals surface area contributed by atoms with Gasteiger partial charge in [0.05, 0.1) is 5.56 Å². The Hall–Kier alpha value is -1.92. The average molecular weight is 321 g/mol. The predicted molar refractivity (Wildman–Crippen MR) is 78.9 cm³/mol. The highest BCUT2D eigenvalue weighted by molar-refractivity contribution is 9.10. The van der Waals surface area contributed by atoms with Crippen molar-refractivity contribution in [1.82, 2.24) is 4.98 Å². The molecule has 6 heteroatoms. The van der Waals surface area contributed by atoms with Crippen molar-refractivity contribution in [2.24, 2.45) is 5.84 Å². The third kappa shape index (κ3) is 3.30. The van der Waals surface area contributed by atoms with Crippen molar-refractivity contribution in [1.29, 1.82) is 0 Å². The van der Waals surface area contributed by atoms with Crippen molar-refractivity contribution in [3.63, 3.8) is 0 Å². The number of amides is 1. The van der Waals surface area contributed by atoms with E-state index in [1.165, 1.54) is 0 Å². The van der Waals surface area contributed by atoms with Gasteiger partial charge in [-0.2, -0.15) is 0 Å². The summed E-state index contributed by atoms with van der Waals surface area (Å²) in [6.07, 6.45) is 1.57. The predicted octanol–water partition coefficient (Wildman–Crippen LogP) is 2.69. The van der Waals surface area contributed by atoms with Gasteiger partial charge >= 0.3 is 0 Å². The smallest absolute Gasteiger partial charge is 0.259 e. The van der Waals surface area contributed by atoms with Crippen LogP contribution in [0.1, 0.15) is 15.9 Å². The monoisotopic (exact) mass is 320 g/mol. The molecule has 0 saturated carbocycles. The van der Waals surface area contributed by atoms with Crippen LogP contribution in [0.3, 0.4) is 0 Å². The van der Waals surface area contributed by atoms with Gasteiger partial charge in [0.15, 0.2) is 5.82 Å². The summed E-state index contributed by atoms with van der Waals surface area (Å²) in [5.74, 6) is 5.40. The largest absolute Gasteiger partial charge is 0.322 e. The number of rotatable bonds is 3. The number of nitrogens with one attached hydrogen (secondary N) is 2. The van der Waals surface area contributed by atoms with Crippen molar-refractivity contribution < 1.29 is 4.79 Å². The second-order valence-corrected chi connectivity index (χ2v) is 4.93. The van der Waals surface area contributed by atoms with Gasteiger partial charge in [0.25, 0.3) is 5.91 Å². The van der Waals surface area contributed by atoms with E-state index in [0.29, 0.717) is 15.9 Å². The second-order valence-electron chi connectivity index (χ2n) is 4.02. The Morgan fingerprint density at radius 3 is 2.84 bits per heavy atom. The lowest BCUT2D eigenvalue weighted by Gasteiger charge is -2.09. The van der Waals surface area contributed by atoms with E-state index in [1.54, 1.807) is 12.3 Å². The number of nitrogen functional groups attached to an aromatic ring is 1. The van der Waals surface area contributed by atoms with Crippen LogP contribution in [-0.4, -0.2) is 10.9 Å². The molecule has 0 radical (unpaired) electrons. The number of halogens is 1. The van der Waals surface area contributed by atoms with E-state index >= 15 is 0 Å². The maximum atomic E-state index is 12.2. The van der Waals surface area contributed by atoms with Gasteiger partial charge in [0.2, 0.25) is 0 Å². The van der Waals surface area contributed by atoms with Gasteiger partial charge in [-0.15, -0.1) is 0 Å². The molecule has 1 aromatic carbocycles. The summed E-state index contributed by atoms with van der Waals surface area (Å²) in [5, 5.41) is 2.81. The molecular weight excluding hydrogens is 308 g/mol. The molecule has 1 aromatic heterocycles. The van der Waals surface area contributed by atoms with E-state index in [0.717, 1.165) is 11.3 Å². The van der Waals surface area contributed by atoms with Crippen molar-refractivity contribution in [2.75, 3.05) is 10.7 Å². The number of carbonyl (C=O) groups is 1. The van der Waals surface area contributed by atoms with E-state index in [9.17, 15) is 4.79 Å². The topological polar surface area (TPSA) is 80.0 Å². The van der Waals surface area contributed by atoms with Crippen LogP contribution >= 0.6 is 15.9 Å². The zero-order chi connectivity index (χ0) is 13.8. The first-order valence-electron chi connectivity index (χ1n) is 5.60. The Morgan fingerprint density at radius 2 is 2.16 bits per heavy atom. The maximum Gasteiger partial charge on any atom is 0.259 e. The van der Waals surface area contributed by atoms with Crippen LogP contribution in [-0.2, 0) is 0 Å². The normalized spacial score (nSPS) is 10.1. The molecule has 1 amide bonds. The fraction of sp³-hybridized carbons (Fsp3) is 0.0769. The summed E-state index contributed by atoms with van der Waals surface area (Å²) in [5.41, 5.74) is 4.58. The van der Waals surface area contributed by atoms with E-state index in [-0.39, 0.29) is 5.91 Å². The molecule has 0 fully saturated rings. The fourth-order valence-corrected chi connectivity index (χ4v) is 1.98. The molecule has 0 bridgehead atoms. The number of hydrogen-bond acceptors (Lipinski definition) is 4. The second kappa shape index (κ2) is 5.81. The third-order valence-electron chi connectivity index (χ3n) is 2.51. The van der Waals surface area contributed by atoms with Gasteiger partial charge in [0, 0.05) is 16.4 Å². The highest BCUT2D eigenvalue weighted by Crippen LogP contribution is 2.19. The summed E-state index contributed by atoms with van der Waals surface area (Å²) in [4.78, 5) is 16.2. The number of aromatic nitrogens is 1. The highest BCUT2D eigenvalue weighted by Gasteiger charge is 2.13. The average Bonchev–Trinajstić information content (AvgIpc) is 2.38. The van der Waals surface area contributed by atoms with Crippen LogP contribution < -0.4 is 16.6 Å². The number of anilines is 2. The molecule has 2 aromatic rings. The molecule has 0 aliphatic heterocycles. The SMILES string of the molecule is Cc1cccc(NC(=O)c2cc(Br)cnc2NN)c1. The van der Waals surface area contributed by atoms with Crippen LogP contribution in [0.5, 0.6) is 0 Å². The number of aryl methyl sites for hydroxylation is 1. The fourth-order valence-electron chi connectivity index (χ4n) is 1.65. The molecule has 5 nitrogen and oxygen atoms in total. The van der Waals surface area contributed by atoms with Gasteiger partial charge < -0.3 is 10.7 Å². The lowest BCUT2D eigenvalue weighted by Crippen LogP contribution is -2.18. The van der Waals surface area contributed by atoms with Crippen LogP contribution in [0.2, 0.25) is 0 Å². The molecule has 1 heterocycles. The zero-order valence-electron chi connectivity index (χ0n) is 10.3. The number of hydrazine groups is 1. The standard InChI is InChI=1S/C13H13BrN4O/c1-8-3-2-4-10(5-8)17-13(19)11-6-9(14)7-16-12(11)18-15/h2-7H,15H2,1H3,(H,16,18)(H,17,19). The van der Waals surface area contributed by atoms with Gasteiger partial charge in [-0.25, -0.2) is 10.8 Å². The molecule has 0 unspecified atom stereocenters. The van der Waals surface area contributed by atoms with E-state index in [4.69, 9.17) is 5.84 Å². The summed E-state index contributed by atoms with van der Waals surface area (Å²) in [6, 6.07) is 9.22. The third-order valence-corrected chi connectivity index (χ3v) is 2.95. The number of pyridine rings is 1. The van der Waals surface area contributed by atoms with E-state index in [1.807, 2.05) is 31.2 Å². The van der Waals surface area contributed by atoms with E-state index < -0.39 is 0 Å². The molecule has 0 aliphatic rings. The molecule has 4 N–H and O–H groups in total. The minimum atomic E-state index is -0.271. The molecule has 19 heavy (non-hydrogen) atoms. The lowest BCUT2D eigenvalue weighted by atomic mass is 10.2. The molecular formula is C13H13BrN4O. The summed E-state index contributed by atoms with van der Waals surface area (Å²) < 4.78 is 0.709. The van der Waals surface area contributed by atoms with Crippen molar-refractivity contribution in [3.05, 3.63) is 52.1 Å². The number of carbonyl (C=O) groups excluding carboxylic acids is 1. The first-order chi connectivity index (χ1) is 9.10. The minimum Gasteiger partial charge on any atom is -0.322 e. The summed E-state index contributed by atoms with van der Waals surface area (Å²) >= 11 is 3.28. The van der Waals surface area contributed by atoms with Crippen molar-refractivity contribution in [3.8, 4) is 0 Å². The molecule has 98 valence electrons. The van der Waals surface area contributed by atoms with Crippen LogP contribution in [0.15, 0.2) is 41.0 Å². The lowest BCUT2D eigenvalue weighted by molar-refractivity contribution is 0.102. The molecule has 0 atom stereocenters. The molecule has 0 spiro atoms. The maximum absolute atomic E-state index is 12.2. The van der Waals surface area contributed by atoms with Gasteiger partial charge in [0.1, 0.15) is 0 Å². The molecule has 0 aliphatic carbocycles. The van der Waals surface area contributed by atoms with Crippen LogP contribution in [0.4, 0.5) is 11.5 Å². The zero-order valence-corrected chi connectivity index (χ0v) is 11.9. The van der Waals surface area contributed by atoms with Crippen LogP contribution in [0.25, 0.3) is 0 Å². The Labute approximate surface area is 119 Å². The molecule has 2 rings (SSSR count). The van der Waals surface area contributed by atoms with Gasteiger partial charge in [-0.3, -0.25) is 4.79 Å². The molecule has 0 saturated heterocycles. The van der Waals surface area contributed by atoms with Gasteiger partial charge in [-0.05, 0) is 46.6 Å². The van der Waals surface area contributed by atoms with Gasteiger partial charge in [-0.1, -0.05) is 12.1 Å². The quantitative estimate of drug-likeness (QED) is 0.600. The Balaban J connectivity index is 2.27. The van der Waals surface area contributed by atoms with E-state index in [2.05, 4.69) is 31.7 Å². The van der Waals surface area contributed by atoms with Crippen molar-refractivity contribution >= 4 is 33.3 Å². The minimum absolute atomic E-state index is 0.271.